The lowest BCUT2D eigenvalue weighted by Crippen LogP contribution is -2.47. The van der Waals surface area contributed by atoms with E-state index in [9.17, 15) is 0 Å². The van der Waals surface area contributed by atoms with E-state index in [1.165, 1.54) is 5.56 Å². The molecule has 5 unspecified atom stereocenters. The Hall–Kier alpha value is -1.10. The quantitative estimate of drug-likeness (QED) is 0.753. The van der Waals surface area contributed by atoms with Crippen LogP contribution in [-0.2, 0) is 0 Å². The van der Waals surface area contributed by atoms with Gasteiger partial charge in [0.2, 0.25) is 0 Å². The predicted octanol–water partition coefficient (Wildman–Crippen LogP) is 1.38. The zero-order valence-electron chi connectivity index (χ0n) is 11.6. The van der Waals surface area contributed by atoms with Gasteiger partial charge in [0.15, 0.2) is 0 Å². The second-order valence-corrected chi connectivity index (χ2v) is 5.84. The number of hydrogen-bond donors (Lipinski definition) is 3. The lowest BCUT2D eigenvalue weighted by Gasteiger charge is -2.37. The second kappa shape index (κ2) is 5.12. The molecule has 4 heteroatoms. The average Bonchev–Trinajstić information content (AvgIpc) is 2.80. The Kier molecular flexibility index (Phi) is 3.48. The van der Waals surface area contributed by atoms with Crippen LogP contribution in [-0.4, -0.2) is 25.2 Å². The fraction of sp³-hybridized carbons (Fsp3) is 0.600. The van der Waals surface area contributed by atoms with Crippen LogP contribution in [0, 0.1) is 5.92 Å². The van der Waals surface area contributed by atoms with Crippen molar-refractivity contribution < 1.29 is 4.74 Å². The van der Waals surface area contributed by atoms with Gasteiger partial charge in [-0.15, -0.1) is 0 Å². The number of methoxy groups -OCH3 is 1. The molecule has 104 valence electrons. The summed E-state index contributed by atoms with van der Waals surface area (Å²) in [6, 6.07) is 9.47. The first kappa shape index (κ1) is 12.9. The van der Waals surface area contributed by atoms with Gasteiger partial charge in [0, 0.05) is 24.0 Å². The first-order chi connectivity index (χ1) is 9.20. The van der Waals surface area contributed by atoms with E-state index >= 15 is 0 Å². The van der Waals surface area contributed by atoms with E-state index in [0.717, 1.165) is 18.6 Å². The molecule has 1 aliphatic carbocycles. The number of hydrazine groups is 1. The summed E-state index contributed by atoms with van der Waals surface area (Å²) >= 11 is 0. The van der Waals surface area contributed by atoms with E-state index in [2.05, 4.69) is 29.9 Å². The van der Waals surface area contributed by atoms with Crippen LogP contribution in [0.5, 0.6) is 5.75 Å². The molecule has 1 saturated heterocycles. The summed E-state index contributed by atoms with van der Waals surface area (Å²) in [5, 5.41) is 0. The van der Waals surface area contributed by atoms with Crippen molar-refractivity contribution in [1.82, 2.24) is 10.9 Å². The average molecular weight is 261 g/mol. The molecule has 4 nitrogen and oxygen atoms in total. The molecular formula is C15H23N3O. The van der Waals surface area contributed by atoms with E-state index in [4.69, 9.17) is 10.5 Å². The topological polar surface area (TPSA) is 59.3 Å². The van der Waals surface area contributed by atoms with E-state index in [-0.39, 0.29) is 6.04 Å². The lowest BCUT2D eigenvalue weighted by molar-refractivity contribution is 0.243. The fourth-order valence-electron chi connectivity index (χ4n) is 3.81. The molecule has 0 bridgehead atoms. The number of fused-ring (bicyclic) bond motifs is 1. The molecule has 1 aromatic carbocycles. The molecule has 0 radical (unpaired) electrons. The molecule has 0 amide bonds. The normalized spacial score (nSPS) is 37.9. The Balaban J connectivity index is 1.84. The van der Waals surface area contributed by atoms with Gasteiger partial charge in [-0.1, -0.05) is 18.2 Å². The standard InChI is InChI=1S/C15H23N3O/c1-9-15-12(16)7-10(8-13(15)18-17-9)11-5-3-4-6-14(11)19-2/h3-6,9-10,12-13,15,17-18H,7-8,16H2,1-2H3. The highest BCUT2D eigenvalue weighted by Gasteiger charge is 2.43. The van der Waals surface area contributed by atoms with Gasteiger partial charge in [-0.2, -0.15) is 0 Å². The Morgan fingerprint density at radius 1 is 1.21 bits per heavy atom. The molecule has 4 N–H and O–H groups in total. The minimum absolute atomic E-state index is 0.242. The number of nitrogens with two attached hydrogens (primary N) is 1. The minimum Gasteiger partial charge on any atom is -0.496 e. The Labute approximate surface area is 114 Å². The van der Waals surface area contributed by atoms with Crippen LogP contribution < -0.4 is 21.3 Å². The van der Waals surface area contributed by atoms with Crippen LogP contribution in [0.15, 0.2) is 24.3 Å². The van der Waals surface area contributed by atoms with Crippen LogP contribution in [0.2, 0.25) is 0 Å². The van der Waals surface area contributed by atoms with Gasteiger partial charge in [0.05, 0.1) is 7.11 Å². The van der Waals surface area contributed by atoms with Gasteiger partial charge < -0.3 is 10.5 Å². The molecular weight excluding hydrogens is 238 g/mol. The zero-order chi connectivity index (χ0) is 13.4. The van der Waals surface area contributed by atoms with Crippen LogP contribution in [0.25, 0.3) is 0 Å². The summed E-state index contributed by atoms with van der Waals surface area (Å²) in [6.07, 6.45) is 2.16. The third-order valence-corrected chi connectivity index (χ3v) is 4.71. The highest BCUT2D eigenvalue weighted by Crippen LogP contribution is 2.41. The smallest absolute Gasteiger partial charge is 0.122 e. The third-order valence-electron chi connectivity index (χ3n) is 4.71. The van der Waals surface area contributed by atoms with Gasteiger partial charge in [0.25, 0.3) is 0 Å². The molecule has 3 rings (SSSR count). The summed E-state index contributed by atoms with van der Waals surface area (Å²) in [7, 11) is 1.74. The predicted molar refractivity (Wildman–Crippen MR) is 76.0 cm³/mol. The minimum atomic E-state index is 0.242. The maximum atomic E-state index is 6.41. The van der Waals surface area contributed by atoms with Crippen molar-refractivity contribution in [2.24, 2.45) is 11.7 Å². The molecule has 1 aliphatic heterocycles. The summed E-state index contributed by atoms with van der Waals surface area (Å²) < 4.78 is 5.49. The number of para-hydroxylation sites is 1. The molecule has 19 heavy (non-hydrogen) atoms. The molecule has 5 atom stereocenters. The molecule has 0 aromatic heterocycles. The van der Waals surface area contributed by atoms with E-state index in [0.29, 0.717) is 23.9 Å². The number of nitrogens with one attached hydrogen (secondary N) is 2. The fourth-order valence-corrected chi connectivity index (χ4v) is 3.81. The van der Waals surface area contributed by atoms with Gasteiger partial charge in [-0.3, -0.25) is 10.9 Å². The van der Waals surface area contributed by atoms with Crippen molar-refractivity contribution in [1.29, 1.82) is 0 Å². The van der Waals surface area contributed by atoms with Crippen molar-refractivity contribution in [3.8, 4) is 5.75 Å². The SMILES string of the molecule is COc1ccccc1C1CC(N)C2C(C)NNC2C1. The van der Waals surface area contributed by atoms with Crippen molar-refractivity contribution in [2.45, 2.75) is 43.8 Å². The zero-order valence-corrected chi connectivity index (χ0v) is 11.6. The van der Waals surface area contributed by atoms with Crippen molar-refractivity contribution in [2.75, 3.05) is 7.11 Å². The van der Waals surface area contributed by atoms with Crippen LogP contribution >= 0.6 is 0 Å². The summed E-state index contributed by atoms with van der Waals surface area (Å²) in [4.78, 5) is 0. The summed E-state index contributed by atoms with van der Waals surface area (Å²) in [5.41, 5.74) is 14.4. The number of ether oxygens (including phenoxy) is 1. The third kappa shape index (κ3) is 2.24. The Bertz CT molecular complexity index is 451. The largest absolute Gasteiger partial charge is 0.496 e. The molecule has 1 heterocycles. The first-order valence-corrected chi connectivity index (χ1v) is 7.10. The number of rotatable bonds is 2. The van der Waals surface area contributed by atoms with Crippen LogP contribution in [0.1, 0.15) is 31.2 Å². The molecule has 1 aromatic rings. The van der Waals surface area contributed by atoms with Gasteiger partial charge in [-0.25, -0.2) is 0 Å². The van der Waals surface area contributed by atoms with Gasteiger partial charge in [0.1, 0.15) is 5.75 Å². The molecule has 1 saturated carbocycles. The second-order valence-electron chi connectivity index (χ2n) is 5.84. The van der Waals surface area contributed by atoms with Gasteiger partial charge >= 0.3 is 0 Å². The monoisotopic (exact) mass is 261 g/mol. The highest BCUT2D eigenvalue weighted by atomic mass is 16.5. The van der Waals surface area contributed by atoms with E-state index in [1.54, 1.807) is 7.11 Å². The molecule has 0 spiro atoms. The highest BCUT2D eigenvalue weighted by molar-refractivity contribution is 5.37. The summed E-state index contributed by atoms with van der Waals surface area (Å²) in [6.45, 7) is 2.21. The summed E-state index contributed by atoms with van der Waals surface area (Å²) in [5.74, 6) is 2.00. The van der Waals surface area contributed by atoms with Crippen LogP contribution in [0.4, 0.5) is 0 Å². The number of hydrogen-bond acceptors (Lipinski definition) is 4. The van der Waals surface area contributed by atoms with Crippen molar-refractivity contribution in [3.05, 3.63) is 29.8 Å². The maximum Gasteiger partial charge on any atom is 0.122 e. The van der Waals surface area contributed by atoms with Gasteiger partial charge in [-0.05, 0) is 37.3 Å². The molecule has 2 fully saturated rings. The van der Waals surface area contributed by atoms with Crippen LogP contribution in [0.3, 0.4) is 0 Å². The lowest BCUT2D eigenvalue weighted by atomic mass is 9.71. The Morgan fingerprint density at radius 3 is 2.79 bits per heavy atom. The van der Waals surface area contributed by atoms with Crippen molar-refractivity contribution in [3.63, 3.8) is 0 Å². The molecule has 2 aliphatic rings. The van der Waals surface area contributed by atoms with E-state index in [1.807, 2.05) is 12.1 Å². The Morgan fingerprint density at radius 2 is 2.00 bits per heavy atom. The maximum absolute atomic E-state index is 6.41. The van der Waals surface area contributed by atoms with Crippen molar-refractivity contribution >= 4 is 0 Å². The number of benzene rings is 1. The van der Waals surface area contributed by atoms with E-state index < -0.39 is 0 Å². The first-order valence-electron chi connectivity index (χ1n) is 7.10.